The average molecular weight is 536 g/mol. The van der Waals surface area contributed by atoms with E-state index in [1.807, 2.05) is 24.5 Å². The molecule has 1 N–H and O–H groups in total. The number of ether oxygens (including phenoxy) is 1. The number of rotatable bonds is 2. The van der Waals surface area contributed by atoms with Crippen molar-refractivity contribution in [2.45, 2.75) is 52.4 Å². The first-order valence-corrected chi connectivity index (χ1v) is 14.2. The monoisotopic (exact) mass is 536 g/mol. The predicted molar refractivity (Wildman–Crippen MR) is 169 cm³/mol. The van der Waals surface area contributed by atoms with Gasteiger partial charge in [-0.05, 0) is 28.5 Å². The summed E-state index contributed by atoms with van der Waals surface area (Å²) in [4.78, 5) is 15.3. The minimum Gasteiger partial charge on any atom is -0.455 e. The summed E-state index contributed by atoms with van der Waals surface area (Å²) in [7, 11) is 0. The van der Waals surface area contributed by atoms with Crippen LogP contribution in [0.2, 0.25) is 0 Å². The van der Waals surface area contributed by atoms with Gasteiger partial charge in [-0.15, -0.1) is 0 Å². The van der Waals surface area contributed by atoms with Crippen LogP contribution in [0.5, 0.6) is 11.5 Å². The normalized spacial score (nSPS) is 13.5. The SMILES string of the molecule is CC(C)(C)c1cc(-c2ccccc2)nc2c1Nc1cncc3c1B2c1nc(-c2ccccc2)cc(C(C)(C)C)c1O3. The van der Waals surface area contributed by atoms with Gasteiger partial charge in [-0.2, -0.15) is 0 Å². The van der Waals surface area contributed by atoms with Gasteiger partial charge in [0.15, 0.2) is 0 Å². The summed E-state index contributed by atoms with van der Waals surface area (Å²) in [6.45, 7) is 13.2. The lowest BCUT2D eigenvalue weighted by Gasteiger charge is -2.37. The second-order valence-electron chi connectivity index (χ2n) is 13.1. The van der Waals surface area contributed by atoms with Crippen molar-refractivity contribution in [2.24, 2.45) is 0 Å². The smallest absolute Gasteiger partial charge is 0.302 e. The van der Waals surface area contributed by atoms with E-state index < -0.39 is 0 Å². The van der Waals surface area contributed by atoms with Gasteiger partial charge in [-0.3, -0.25) is 15.0 Å². The van der Waals surface area contributed by atoms with E-state index >= 15 is 0 Å². The van der Waals surface area contributed by atoms with Gasteiger partial charge in [0, 0.05) is 27.7 Å². The number of fused-ring (bicyclic) bond motifs is 4. The number of hydrogen-bond acceptors (Lipinski definition) is 5. The van der Waals surface area contributed by atoms with Crippen molar-refractivity contribution >= 4 is 34.7 Å². The van der Waals surface area contributed by atoms with Crippen LogP contribution >= 0.6 is 0 Å². The topological polar surface area (TPSA) is 59.9 Å². The quantitative estimate of drug-likeness (QED) is 0.257. The molecule has 0 saturated heterocycles. The highest BCUT2D eigenvalue weighted by molar-refractivity contribution is 6.98. The first kappa shape index (κ1) is 25.5. The third-order valence-electron chi connectivity index (χ3n) is 8.06. The van der Waals surface area contributed by atoms with Crippen molar-refractivity contribution in [3.8, 4) is 34.0 Å². The maximum absolute atomic E-state index is 6.71. The highest BCUT2D eigenvalue weighted by Gasteiger charge is 2.45. The fraction of sp³-hybridized carbons (Fsp3) is 0.229. The predicted octanol–water partition coefficient (Wildman–Crippen LogP) is 6.48. The molecule has 5 nitrogen and oxygen atoms in total. The first-order valence-electron chi connectivity index (χ1n) is 14.2. The van der Waals surface area contributed by atoms with E-state index in [0.717, 1.165) is 67.6 Å². The molecule has 7 rings (SSSR count). The van der Waals surface area contributed by atoms with E-state index in [4.69, 9.17) is 14.7 Å². The lowest BCUT2D eigenvalue weighted by molar-refractivity contribution is 0.456. The molecule has 0 bridgehead atoms. The Kier molecular flexibility index (Phi) is 5.62. The van der Waals surface area contributed by atoms with Crippen LogP contribution in [0.25, 0.3) is 22.5 Å². The summed E-state index contributed by atoms with van der Waals surface area (Å²) >= 11 is 0. The van der Waals surface area contributed by atoms with Gasteiger partial charge in [0.1, 0.15) is 11.5 Å². The zero-order valence-corrected chi connectivity index (χ0v) is 24.4. The average Bonchev–Trinajstić information content (AvgIpc) is 2.96. The highest BCUT2D eigenvalue weighted by atomic mass is 16.5. The molecular formula is C35H33BN4O. The van der Waals surface area contributed by atoms with Crippen molar-refractivity contribution in [1.29, 1.82) is 0 Å². The van der Waals surface area contributed by atoms with Crippen LogP contribution in [0.3, 0.4) is 0 Å². The summed E-state index contributed by atoms with van der Waals surface area (Å²) in [6, 6.07) is 25.3. The molecule has 5 heterocycles. The van der Waals surface area contributed by atoms with Crippen molar-refractivity contribution in [3.63, 3.8) is 0 Å². The molecule has 0 unspecified atom stereocenters. The van der Waals surface area contributed by atoms with Crippen LogP contribution in [-0.4, -0.2) is 21.7 Å². The molecule has 2 aliphatic rings. The summed E-state index contributed by atoms with van der Waals surface area (Å²) in [5.74, 6) is 1.56. The molecule has 2 aromatic carbocycles. The fourth-order valence-electron chi connectivity index (χ4n) is 6.00. The summed E-state index contributed by atoms with van der Waals surface area (Å²) in [5.41, 5.74) is 11.0. The van der Waals surface area contributed by atoms with Crippen molar-refractivity contribution < 1.29 is 4.74 Å². The zero-order valence-electron chi connectivity index (χ0n) is 24.4. The Hall–Kier alpha value is -4.45. The van der Waals surface area contributed by atoms with E-state index in [0.29, 0.717) is 0 Å². The van der Waals surface area contributed by atoms with Gasteiger partial charge in [-0.1, -0.05) is 102 Å². The van der Waals surface area contributed by atoms with Crippen LogP contribution in [0.1, 0.15) is 52.7 Å². The zero-order chi connectivity index (χ0) is 28.5. The third-order valence-corrected chi connectivity index (χ3v) is 8.06. The Morgan fingerprint density at radius 1 is 0.683 bits per heavy atom. The second-order valence-corrected chi connectivity index (χ2v) is 13.1. The van der Waals surface area contributed by atoms with Gasteiger partial charge in [0.2, 0.25) is 0 Å². The maximum Gasteiger partial charge on any atom is 0.302 e. The number of pyridine rings is 3. The van der Waals surface area contributed by atoms with Gasteiger partial charge >= 0.3 is 6.71 Å². The maximum atomic E-state index is 6.71. The number of hydrogen-bond donors (Lipinski definition) is 1. The van der Waals surface area contributed by atoms with E-state index in [1.165, 1.54) is 5.56 Å². The molecule has 6 heteroatoms. The molecule has 0 aliphatic carbocycles. The highest BCUT2D eigenvalue weighted by Crippen LogP contribution is 2.41. The Balaban J connectivity index is 1.57. The van der Waals surface area contributed by atoms with E-state index in [2.05, 4.69) is 113 Å². The fourth-order valence-corrected chi connectivity index (χ4v) is 6.00. The standard InChI is InChI=1S/C35H33BN4O/c1-34(2,3)23-17-25(21-13-9-7-10-14-21)39-32-30(23)38-27-19-37-20-28-29(27)36(32)33-31(41-28)24(35(4,5)6)18-26(40-33)22-15-11-8-12-16-22/h7-20,38H,1-6H3. The number of nitrogens with zero attached hydrogens (tertiary/aromatic N) is 3. The Labute approximate surface area is 242 Å². The van der Waals surface area contributed by atoms with Gasteiger partial charge in [-0.25, -0.2) is 0 Å². The van der Waals surface area contributed by atoms with E-state index in [1.54, 1.807) is 0 Å². The van der Waals surface area contributed by atoms with Crippen LogP contribution in [0.4, 0.5) is 11.4 Å². The number of nitrogens with one attached hydrogen (secondary N) is 1. The lowest BCUT2D eigenvalue weighted by Crippen LogP contribution is -2.61. The van der Waals surface area contributed by atoms with Crippen LogP contribution in [0, 0.1) is 0 Å². The minimum absolute atomic E-state index is 0.129. The molecule has 0 amide bonds. The molecule has 3 aromatic heterocycles. The number of aromatic nitrogens is 3. The Bertz CT molecular complexity index is 1680. The van der Waals surface area contributed by atoms with Crippen LogP contribution < -0.4 is 26.7 Å². The van der Waals surface area contributed by atoms with Crippen molar-refractivity contribution in [2.75, 3.05) is 5.32 Å². The van der Waals surface area contributed by atoms with Gasteiger partial charge < -0.3 is 10.1 Å². The lowest BCUT2D eigenvalue weighted by atomic mass is 9.37. The van der Waals surface area contributed by atoms with Gasteiger partial charge in [0.25, 0.3) is 0 Å². The van der Waals surface area contributed by atoms with Crippen LogP contribution in [0.15, 0.2) is 85.2 Å². The summed E-state index contributed by atoms with van der Waals surface area (Å²) < 4.78 is 6.71. The number of anilines is 2. The van der Waals surface area contributed by atoms with Crippen LogP contribution in [-0.2, 0) is 10.8 Å². The second kappa shape index (κ2) is 9.03. The van der Waals surface area contributed by atoms with E-state index in [9.17, 15) is 0 Å². The molecule has 0 atom stereocenters. The Morgan fingerprint density at radius 2 is 1.24 bits per heavy atom. The largest absolute Gasteiger partial charge is 0.455 e. The van der Waals surface area contributed by atoms with Crippen molar-refractivity contribution in [3.05, 3.63) is 96.3 Å². The molecule has 0 radical (unpaired) electrons. The summed E-state index contributed by atoms with van der Waals surface area (Å²) in [5, 5.41) is 3.72. The molecule has 2 aliphatic heterocycles. The molecule has 0 spiro atoms. The Morgan fingerprint density at radius 3 is 1.83 bits per heavy atom. The molecule has 202 valence electrons. The first-order chi connectivity index (χ1) is 19.6. The third kappa shape index (κ3) is 4.21. The molecule has 0 saturated carbocycles. The molecular weight excluding hydrogens is 503 g/mol. The van der Waals surface area contributed by atoms with Gasteiger partial charge in [0.05, 0.1) is 40.7 Å². The van der Waals surface area contributed by atoms with E-state index in [-0.39, 0.29) is 17.5 Å². The molecule has 0 fully saturated rings. The molecule has 5 aromatic rings. The van der Waals surface area contributed by atoms with Crippen molar-refractivity contribution in [1.82, 2.24) is 15.0 Å². The minimum atomic E-state index is -0.211. The summed E-state index contributed by atoms with van der Waals surface area (Å²) in [6.07, 6.45) is 3.72. The number of benzene rings is 2. The molecule has 41 heavy (non-hydrogen) atoms.